The van der Waals surface area contributed by atoms with Crippen LogP contribution in [0.4, 0.5) is 0 Å². The lowest BCUT2D eigenvalue weighted by Gasteiger charge is -2.14. The summed E-state index contributed by atoms with van der Waals surface area (Å²) in [6, 6.07) is 0. The standard InChI is InChI=1S/C11H18N2S/c1-11(2,12)10-13-9(7-14-10)8-5-3-4-6-8/h7-8H,3-6,12H2,1-2H3. The van der Waals surface area contributed by atoms with Crippen molar-refractivity contribution >= 4 is 11.3 Å². The zero-order chi connectivity index (χ0) is 10.2. The molecule has 1 saturated carbocycles. The SMILES string of the molecule is CC(C)(N)c1nc(C2CCCC2)cs1. The van der Waals surface area contributed by atoms with Crippen molar-refractivity contribution in [1.29, 1.82) is 0 Å². The van der Waals surface area contributed by atoms with Gasteiger partial charge in [-0.25, -0.2) is 4.98 Å². The highest BCUT2D eigenvalue weighted by atomic mass is 32.1. The second kappa shape index (κ2) is 3.63. The van der Waals surface area contributed by atoms with E-state index in [4.69, 9.17) is 5.73 Å². The van der Waals surface area contributed by atoms with Crippen molar-refractivity contribution in [3.63, 3.8) is 0 Å². The minimum atomic E-state index is -0.276. The lowest BCUT2D eigenvalue weighted by molar-refractivity contribution is 0.545. The van der Waals surface area contributed by atoms with Crippen LogP contribution in [0.15, 0.2) is 5.38 Å². The molecule has 1 heterocycles. The van der Waals surface area contributed by atoms with Gasteiger partial charge in [0.1, 0.15) is 5.01 Å². The fourth-order valence-electron chi connectivity index (χ4n) is 1.99. The summed E-state index contributed by atoms with van der Waals surface area (Å²) in [4.78, 5) is 4.66. The van der Waals surface area contributed by atoms with E-state index in [-0.39, 0.29) is 5.54 Å². The molecule has 0 unspecified atom stereocenters. The molecule has 78 valence electrons. The first-order valence-corrected chi connectivity index (χ1v) is 6.20. The summed E-state index contributed by atoms with van der Waals surface area (Å²) in [5, 5.41) is 3.26. The third-order valence-corrected chi connectivity index (χ3v) is 4.05. The van der Waals surface area contributed by atoms with E-state index in [1.807, 2.05) is 13.8 Å². The fraction of sp³-hybridized carbons (Fsp3) is 0.727. The first-order valence-electron chi connectivity index (χ1n) is 5.32. The summed E-state index contributed by atoms with van der Waals surface area (Å²) in [7, 11) is 0. The lowest BCUT2D eigenvalue weighted by Crippen LogP contribution is -2.28. The highest BCUT2D eigenvalue weighted by Crippen LogP contribution is 2.35. The summed E-state index contributed by atoms with van der Waals surface area (Å²) in [6.45, 7) is 4.04. The topological polar surface area (TPSA) is 38.9 Å². The van der Waals surface area contributed by atoms with Gasteiger partial charge in [-0.3, -0.25) is 0 Å². The Bertz CT molecular complexity index is 305. The molecule has 0 bridgehead atoms. The van der Waals surface area contributed by atoms with E-state index in [9.17, 15) is 0 Å². The molecule has 0 radical (unpaired) electrons. The van der Waals surface area contributed by atoms with Crippen LogP contribution < -0.4 is 5.73 Å². The molecule has 2 nitrogen and oxygen atoms in total. The Kier molecular flexibility index (Phi) is 2.62. The molecule has 1 aromatic heterocycles. The van der Waals surface area contributed by atoms with Crippen LogP contribution in [0.1, 0.15) is 56.2 Å². The average molecular weight is 210 g/mol. The molecule has 1 aromatic rings. The van der Waals surface area contributed by atoms with E-state index in [0.29, 0.717) is 5.92 Å². The van der Waals surface area contributed by atoms with Gasteiger partial charge in [-0.15, -0.1) is 11.3 Å². The van der Waals surface area contributed by atoms with Crippen LogP contribution in [0.25, 0.3) is 0 Å². The van der Waals surface area contributed by atoms with Crippen molar-refractivity contribution in [1.82, 2.24) is 4.98 Å². The van der Waals surface area contributed by atoms with Gasteiger partial charge in [0.25, 0.3) is 0 Å². The zero-order valence-electron chi connectivity index (χ0n) is 8.92. The van der Waals surface area contributed by atoms with Crippen molar-refractivity contribution < 1.29 is 0 Å². The van der Waals surface area contributed by atoms with Crippen LogP contribution in [0.2, 0.25) is 0 Å². The minimum absolute atomic E-state index is 0.276. The molecule has 1 aliphatic rings. The zero-order valence-corrected chi connectivity index (χ0v) is 9.73. The molecule has 14 heavy (non-hydrogen) atoms. The van der Waals surface area contributed by atoms with Crippen molar-refractivity contribution in [2.45, 2.75) is 51.0 Å². The summed E-state index contributed by atoms with van der Waals surface area (Å²) < 4.78 is 0. The Morgan fingerprint density at radius 1 is 1.43 bits per heavy atom. The molecule has 0 aromatic carbocycles. The summed E-state index contributed by atoms with van der Waals surface area (Å²) >= 11 is 1.71. The maximum absolute atomic E-state index is 6.02. The van der Waals surface area contributed by atoms with Crippen molar-refractivity contribution in [3.8, 4) is 0 Å². The van der Waals surface area contributed by atoms with Gasteiger partial charge in [-0.2, -0.15) is 0 Å². The first-order chi connectivity index (χ1) is 6.57. The second-order valence-corrected chi connectivity index (χ2v) is 5.64. The molecular weight excluding hydrogens is 192 g/mol. The minimum Gasteiger partial charge on any atom is -0.320 e. The van der Waals surface area contributed by atoms with Gasteiger partial charge in [0.05, 0.1) is 11.2 Å². The lowest BCUT2D eigenvalue weighted by atomic mass is 10.1. The van der Waals surface area contributed by atoms with Crippen LogP contribution in [-0.2, 0) is 5.54 Å². The molecule has 0 spiro atoms. The van der Waals surface area contributed by atoms with E-state index in [1.54, 1.807) is 11.3 Å². The molecule has 3 heteroatoms. The molecule has 0 amide bonds. The van der Waals surface area contributed by atoms with Gasteiger partial charge < -0.3 is 5.73 Å². The predicted octanol–water partition coefficient (Wildman–Crippen LogP) is 2.99. The Balaban J connectivity index is 2.17. The number of rotatable bonds is 2. The van der Waals surface area contributed by atoms with Crippen LogP contribution >= 0.6 is 11.3 Å². The third-order valence-electron chi connectivity index (χ3n) is 2.85. The van der Waals surface area contributed by atoms with Crippen LogP contribution in [0, 0.1) is 0 Å². The highest BCUT2D eigenvalue weighted by molar-refractivity contribution is 7.09. The van der Waals surface area contributed by atoms with Crippen LogP contribution in [-0.4, -0.2) is 4.98 Å². The second-order valence-electron chi connectivity index (χ2n) is 4.78. The molecule has 1 fully saturated rings. The van der Waals surface area contributed by atoms with E-state index in [0.717, 1.165) is 5.01 Å². The number of nitrogens with zero attached hydrogens (tertiary/aromatic N) is 1. The third kappa shape index (κ3) is 1.98. The average Bonchev–Trinajstić information content (AvgIpc) is 2.73. The molecule has 1 aliphatic carbocycles. The van der Waals surface area contributed by atoms with E-state index >= 15 is 0 Å². The predicted molar refractivity (Wildman–Crippen MR) is 60.5 cm³/mol. The Morgan fingerprint density at radius 3 is 2.57 bits per heavy atom. The smallest absolute Gasteiger partial charge is 0.112 e. The normalized spacial score (nSPS) is 19.1. The van der Waals surface area contributed by atoms with Gasteiger partial charge >= 0.3 is 0 Å². The molecule has 0 atom stereocenters. The highest BCUT2D eigenvalue weighted by Gasteiger charge is 2.23. The van der Waals surface area contributed by atoms with Gasteiger partial charge in [0.2, 0.25) is 0 Å². The molecular formula is C11H18N2S. The number of hydrogen-bond acceptors (Lipinski definition) is 3. The summed E-state index contributed by atoms with van der Waals surface area (Å²) in [5.74, 6) is 0.711. The Labute approximate surface area is 89.5 Å². The first kappa shape index (κ1) is 10.1. The van der Waals surface area contributed by atoms with Crippen LogP contribution in [0.3, 0.4) is 0 Å². The quantitative estimate of drug-likeness (QED) is 0.815. The van der Waals surface area contributed by atoms with Crippen molar-refractivity contribution in [2.75, 3.05) is 0 Å². The Morgan fingerprint density at radius 2 is 2.07 bits per heavy atom. The molecule has 2 N–H and O–H groups in total. The summed E-state index contributed by atoms with van der Waals surface area (Å²) in [5.41, 5.74) is 7.02. The van der Waals surface area contributed by atoms with Crippen LogP contribution in [0.5, 0.6) is 0 Å². The number of nitrogens with two attached hydrogens (primary N) is 1. The van der Waals surface area contributed by atoms with E-state index in [1.165, 1.54) is 31.4 Å². The van der Waals surface area contributed by atoms with Gasteiger partial charge in [-0.05, 0) is 26.7 Å². The number of aromatic nitrogens is 1. The maximum atomic E-state index is 6.02. The van der Waals surface area contributed by atoms with Crippen molar-refractivity contribution in [3.05, 3.63) is 16.1 Å². The molecule has 2 rings (SSSR count). The maximum Gasteiger partial charge on any atom is 0.112 e. The number of hydrogen-bond donors (Lipinski definition) is 1. The van der Waals surface area contributed by atoms with Crippen molar-refractivity contribution in [2.24, 2.45) is 5.73 Å². The van der Waals surface area contributed by atoms with Gasteiger partial charge in [0.15, 0.2) is 0 Å². The number of thiazole rings is 1. The molecule has 0 saturated heterocycles. The largest absolute Gasteiger partial charge is 0.320 e. The van der Waals surface area contributed by atoms with E-state index in [2.05, 4.69) is 10.4 Å². The summed E-state index contributed by atoms with van der Waals surface area (Å²) in [6.07, 6.45) is 5.36. The monoisotopic (exact) mass is 210 g/mol. The fourth-order valence-corrected chi connectivity index (χ4v) is 2.93. The molecule has 0 aliphatic heterocycles. The Hall–Kier alpha value is -0.410. The van der Waals surface area contributed by atoms with Gasteiger partial charge in [-0.1, -0.05) is 12.8 Å². The van der Waals surface area contributed by atoms with Gasteiger partial charge in [0, 0.05) is 11.3 Å². The van der Waals surface area contributed by atoms with E-state index < -0.39 is 0 Å².